The second-order valence-corrected chi connectivity index (χ2v) is 2.99. The number of carboxylic acids is 1. The van der Waals surface area contributed by atoms with Gasteiger partial charge in [0.05, 0.1) is 5.02 Å². The van der Waals surface area contributed by atoms with Crippen LogP contribution >= 0.6 is 11.6 Å². The Hall–Kier alpha value is -1.95. The second-order valence-electron chi connectivity index (χ2n) is 2.58. The third kappa shape index (κ3) is 1.79. The van der Waals surface area contributed by atoms with Gasteiger partial charge in [0.2, 0.25) is 5.82 Å². The Labute approximate surface area is 88.5 Å². The van der Waals surface area contributed by atoms with E-state index in [1.807, 2.05) is 0 Å². The SMILES string of the molecule is O=C(O)c1nc(-c2ccncc2Cl)no1. The highest BCUT2D eigenvalue weighted by atomic mass is 35.5. The number of rotatable bonds is 2. The lowest BCUT2D eigenvalue weighted by Gasteiger charge is -1.94. The van der Waals surface area contributed by atoms with E-state index in [0.29, 0.717) is 10.6 Å². The topological polar surface area (TPSA) is 89.1 Å². The Bertz CT molecular complexity index is 511. The predicted molar refractivity (Wildman–Crippen MR) is 49.5 cm³/mol. The lowest BCUT2D eigenvalue weighted by molar-refractivity contribution is 0.0643. The van der Waals surface area contributed by atoms with Crippen molar-refractivity contribution < 1.29 is 14.4 Å². The molecule has 0 aliphatic carbocycles. The largest absolute Gasteiger partial charge is 0.474 e. The summed E-state index contributed by atoms with van der Waals surface area (Å²) in [6.45, 7) is 0. The van der Waals surface area contributed by atoms with Crippen molar-refractivity contribution in [1.82, 2.24) is 15.1 Å². The molecule has 2 aromatic rings. The molecule has 15 heavy (non-hydrogen) atoms. The van der Waals surface area contributed by atoms with Crippen LogP contribution in [0, 0.1) is 0 Å². The number of halogens is 1. The summed E-state index contributed by atoms with van der Waals surface area (Å²) in [6.07, 6.45) is 2.91. The average Bonchev–Trinajstić information content (AvgIpc) is 2.67. The first-order chi connectivity index (χ1) is 7.18. The summed E-state index contributed by atoms with van der Waals surface area (Å²) in [5.74, 6) is -1.63. The van der Waals surface area contributed by atoms with Gasteiger partial charge in [-0.3, -0.25) is 4.98 Å². The summed E-state index contributed by atoms with van der Waals surface area (Å²) < 4.78 is 4.50. The molecule has 0 aliphatic rings. The molecule has 76 valence electrons. The summed E-state index contributed by atoms with van der Waals surface area (Å²) in [6, 6.07) is 1.57. The van der Waals surface area contributed by atoms with Crippen LogP contribution in [0.3, 0.4) is 0 Å². The third-order valence-corrected chi connectivity index (χ3v) is 1.92. The van der Waals surface area contributed by atoms with Crippen molar-refractivity contribution in [3.05, 3.63) is 29.4 Å². The number of hydrogen-bond donors (Lipinski definition) is 1. The fourth-order valence-electron chi connectivity index (χ4n) is 0.976. The molecule has 0 spiro atoms. The Balaban J connectivity index is 2.46. The molecular weight excluding hydrogens is 222 g/mol. The lowest BCUT2D eigenvalue weighted by Crippen LogP contribution is -1.95. The summed E-state index contributed by atoms with van der Waals surface area (Å²) in [5, 5.41) is 12.4. The van der Waals surface area contributed by atoms with Crippen molar-refractivity contribution in [2.45, 2.75) is 0 Å². The van der Waals surface area contributed by atoms with Gasteiger partial charge in [-0.15, -0.1) is 0 Å². The van der Waals surface area contributed by atoms with Crippen LogP contribution in [-0.4, -0.2) is 26.2 Å². The molecule has 2 rings (SSSR count). The zero-order valence-electron chi connectivity index (χ0n) is 7.22. The Morgan fingerprint density at radius 2 is 2.33 bits per heavy atom. The Kier molecular flexibility index (Phi) is 2.34. The van der Waals surface area contributed by atoms with E-state index in [1.165, 1.54) is 12.4 Å². The van der Waals surface area contributed by atoms with Crippen LogP contribution in [-0.2, 0) is 0 Å². The minimum Gasteiger partial charge on any atom is -0.474 e. The average molecular weight is 226 g/mol. The first-order valence-electron chi connectivity index (χ1n) is 3.85. The Morgan fingerprint density at radius 1 is 1.53 bits per heavy atom. The summed E-state index contributed by atoms with van der Waals surface area (Å²) in [4.78, 5) is 17.9. The number of hydrogen-bond acceptors (Lipinski definition) is 5. The fourth-order valence-corrected chi connectivity index (χ4v) is 1.18. The van der Waals surface area contributed by atoms with Crippen molar-refractivity contribution in [3.8, 4) is 11.4 Å². The van der Waals surface area contributed by atoms with E-state index in [1.54, 1.807) is 6.07 Å². The minimum absolute atomic E-state index is 0.125. The van der Waals surface area contributed by atoms with Crippen molar-refractivity contribution >= 4 is 17.6 Å². The number of carboxylic acid groups (broad SMARTS) is 1. The van der Waals surface area contributed by atoms with Gasteiger partial charge >= 0.3 is 11.9 Å². The maximum atomic E-state index is 10.5. The van der Waals surface area contributed by atoms with E-state index in [9.17, 15) is 4.79 Å². The minimum atomic E-state index is -1.28. The van der Waals surface area contributed by atoms with Gasteiger partial charge in [0, 0.05) is 18.0 Å². The van der Waals surface area contributed by atoms with Crippen LogP contribution in [0.2, 0.25) is 5.02 Å². The van der Waals surface area contributed by atoms with Crippen LogP contribution in [0.5, 0.6) is 0 Å². The molecule has 2 aromatic heterocycles. The first kappa shape index (κ1) is 9.60. The molecule has 0 aromatic carbocycles. The standard InChI is InChI=1S/C8H4ClN3O3/c9-5-3-10-2-1-4(5)6-11-7(8(13)14)15-12-6/h1-3H,(H,13,14). The molecule has 0 saturated heterocycles. The highest BCUT2D eigenvalue weighted by Gasteiger charge is 2.15. The fraction of sp³-hybridized carbons (Fsp3) is 0. The van der Waals surface area contributed by atoms with Crippen molar-refractivity contribution in [1.29, 1.82) is 0 Å². The van der Waals surface area contributed by atoms with Crippen LogP contribution in [0.15, 0.2) is 23.0 Å². The smallest absolute Gasteiger partial charge is 0.394 e. The van der Waals surface area contributed by atoms with Gasteiger partial charge in [-0.1, -0.05) is 16.8 Å². The summed E-state index contributed by atoms with van der Waals surface area (Å²) >= 11 is 5.82. The molecular formula is C8H4ClN3O3. The molecule has 7 heteroatoms. The number of carbonyl (C=O) groups is 1. The Morgan fingerprint density at radius 3 is 2.93 bits per heavy atom. The van der Waals surface area contributed by atoms with Crippen LogP contribution < -0.4 is 0 Å². The molecule has 0 atom stereocenters. The van der Waals surface area contributed by atoms with Gasteiger partial charge in [-0.2, -0.15) is 4.98 Å². The van der Waals surface area contributed by atoms with E-state index < -0.39 is 11.9 Å². The second kappa shape index (κ2) is 3.66. The maximum absolute atomic E-state index is 10.5. The van der Waals surface area contributed by atoms with Gasteiger partial charge < -0.3 is 9.63 Å². The van der Waals surface area contributed by atoms with Crippen molar-refractivity contribution in [2.24, 2.45) is 0 Å². The summed E-state index contributed by atoms with van der Waals surface area (Å²) in [7, 11) is 0. The number of pyridine rings is 1. The van der Waals surface area contributed by atoms with Gasteiger partial charge in [0.1, 0.15) is 0 Å². The molecule has 0 saturated carbocycles. The van der Waals surface area contributed by atoms with E-state index in [2.05, 4.69) is 19.6 Å². The number of aromatic nitrogens is 3. The van der Waals surface area contributed by atoms with Gasteiger partial charge in [-0.25, -0.2) is 4.79 Å². The van der Waals surface area contributed by atoms with Crippen LogP contribution in [0.4, 0.5) is 0 Å². The van der Waals surface area contributed by atoms with Gasteiger partial charge in [0.15, 0.2) is 0 Å². The zero-order valence-corrected chi connectivity index (χ0v) is 7.97. The first-order valence-corrected chi connectivity index (χ1v) is 4.23. The highest BCUT2D eigenvalue weighted by Crippen LogP contribution is 2.23. The molecule has 0 fully saturated rings. The lowest BCUT2D eigenvalue weighted by atomic mass is 10.2. The van der Waals surface area contributed by atoms with E-state index in [-0.39, 0.29) is 5.82 Å². The van der Waals surface area contributed by atoms with E-state index in [4.69, 9.17) is 16.7 Å². The van der Waals surface area contributed by atoms with Gasteiger partial charge in [0.25, 0.3) is 0 Å². The van der Waals surface area contributed by atoms with E-state index in [0.717, 1.165) is 0 Å². The normalized spacial score (nSPS) is 10.2. The number of aromatic carboxylic acids is 1. The highest BCUT2D eigenvalue weighted by molar-refractivity contribution is 6.33. The molecule has 0 radical (unpaired) electrons. The molecule has 1 N–H and O–H groups in total. The quantitative estimate of drug-likeness (QED) is 0.833. The summed E-state index contributed by atoms with van der Waals surface area (Å²) in [5.41, 5.74) is 0.475. The molecule has 6 nitrogen and oxygen atoms in total. The van der Waals surface area contributed by atoms with Crippen LogP contribution in [0.25, 0.3) is 11.4 Å². The zero-order chi connectivity index (χ0) is 10.8. The molecule has 0 aliphatic heterocycles. The van der Waals surface area contributed by atoms with E-state index >= 15 is 0 Å². The van der Waals surface area contributed by atoms with Crippen molar-refractivity contribution in [2.75, 3.05) is 0 Å². The monoisotopic (exact) mass is 225 g/mol. The molecule has 2 heterocycles. The third-order valence-electron chi connectivity index (χ3n) is 1.62. The predicted octanol–water partition coefficient (Wildman–Crippen LogP) is 1.48. The van der Waals surface area contributed by atoms with Gasteiger partial charge in [-0.05, 0) is 6.07 Å². The van der Waals surface area contributed by atoms with Crippen LogP contribution in [0.1, 0.15) is 10.7 Å². The maximum Gasteiger partial charge on any atom is 0.394 e. The molecule has 0 amide bonds. The van der Waals surface area contributed by atoms with Crippen molar-refractivity contribution in [3.63, 3.8) is 0 Å². The molecule has 0 bridgehead atoms. The number of nitrogens with zero attached hydrogens (tertiary/aromatic N) is 3. The molecule has 0 unspecified atom stereocenters.